The summed E-state index contributed by atoms with van der Waals surface area (Å²) in [7, 11) is 0. The van der Waals surface area contributed by atoms with E-state index in [0.717, 1.165) is 10.4 Å². The van der Waals surface area contributed by atoms with E-state index in [1.807, 2.05) is 41.8 Å². The van der Waals surface area contributed by atoms with Crippen molar-refractivity contribution in [3.8, 4) is 0 Å². The predicted octanol–water partition coefficient (Wildman–Crippen LogP) is 3.64. The molecule has 26 heavy (non-hydrogen) atoms. The number of aromatic nitrogens is 2. The average molecular weight is 406 g/mol. The Kier molecular flexibility index (Phi) is 6.49. The van der Waals surface area contributed by atoms with Gasteiger partial charge >= 0.3 is 0 Å². The van der Waals surface area contributed by atoms with Gasteiger partial charge in [0.1, 0.15) is 0 Å². The Hall–Kier alpha value is -2.09. The summed E-state index contributed by atoms with van der Waals surface area (Å²) in [6, 6.07) is 12.8. The molecule has 0 saturated carbocycles. The highest BCUT2D eigenvalue weighted by atomic mass is 35.5. The lowest BCUT2D eigenvalue weighted by atomic mass is 10.2. The Bertz CT molecular complexity index is 942. The second-order valence-electron chi connectivity index (χ2n) is 5.45. The first-order valence-electron chi connectivity index (χ1n) is 7.85. The molecule has 8 heteroatoms. The molecule has 3 rings (SSSR count). The lowest BCUT2D eigenvalue weighted by Gasteiger charge is -2.06. The third kappa shape index (κ3) is 5.45. The summed E-state index contributed by atoms with van der Waals surface area (Å²) in [6.45, 7) is 0.480. The number of hydrogen-bond acceptors (Lipinski definition) is 5. The second-order valence-corrected chi connectivity index (χ2v) is 7.86. The van der Waals surface area contributed by atoms with Crippen molar-refractivity contribution < 1.29 is 4.79 Å². The molecule has 1 aromatic carbocycles. The smallest absolute Gasteiger partial charge is 0.251 e. The molecule has 2 N–H and O–H groups in total. The Labute approximate surface area is 163 Å². The standard InChI is InChI=1S/C18H16ClN3O2S2/c19-15-6-2-1-4-12(15)11-26-18-21-13(9-17(24)22-18)8-16(23)20-10-14-5-3-7-25-14/h1-7,9H,8,10-11H2,(H,20,23)(H,21,22,24). The molecule has 2 aromatic heterocycles. The summed E-state index contributed by atoms with van der Waals surface area (Å²) in [5.41, 5.74) is 1.13. The average Bonchev–Trinajstić information content (AvgIpc) is 3.12. The van der Waals surface area contributed by atoms with E-state index >= 15 is 0 Å². The summed E-state index contributed by atoms with van der Waals surface area (Å²) >= 11 is 9.10. The fourth-order valence-corrected chi connectivity index (χ4v) is 4.05. The fourth-order valence-electron chi connectivity index (χ4n) is 2.23. The van der Waals surface area contributed by atoms with Gasteiger partial charge in [0.2, 0.25) is 5.91 Å². The van der Waals surface area contributed by atoms with Gasteiger partial charge in [0, 0.05) is 21.7 Å². The number of carbonyl (C=O) groups is 1. The topological polar surface area (TPSA) is 74.8 Å². The summed E-state index contributed by atoms with van der Waals surface area (Å²) < 4.78 is 0. The molecule has 0 aliphatic carbocycles. The third-order valence-electron chi connectivity index (χ3n) is 3.48. The van der Waals surface area contributed by atoms with Gasteiger partial charge in [0.25, 0.3) is 5.56 Å². The predicted molar refractivity (Wildman–Crippen MR) is 106 cm³/mol. The van der Waals surface area contributed by atoms with Crippen molar-refractivity contribution in [1.82, 2.24) is 15.3 Å². The van der Waals surface area contributed by atoms with Crippen LogP contribution in [0.3, 0.4) is 0 Å². The summed E-state index contributed by atoms with van der Waals surface area (Å²) in [5.74, 6) is 0.412. The van der Waals surface area contributed by atoms with E-state index in [1.54, 1.807) is 11.3 Å². The normalized spacial score (nSPS) is 10.7. The molecule has 0 aliphatic heterocycles. The fraction of sp³-hybridized carbons (Fsp3) is 0.167. The van der Waals surface area contributed by atoms with Crippen LogP contribution in [-0.4, -0.2) is 15.9 Å². The molecule has 3 aromatic rings. The second kappa shape index (κ2) is 9.02. The number of rotatable bonds is 7. The molecular formula is C18H16ClN3O2S2. The number of halogens is 1. The van der Waals surface area contributed by atoms with Crippen molar-refractivity contribution in [1.29, 1.82) is 0 Å². The van der Waals surface area contributed by atoms with Crippen molar-refractivity contribution in [2.45, 2.75) is 23.9 Å². The van der Waals surface area contributed by atoms with Crippen LogP contribution in [0.1, 0.15) is 16.1 Å². The Morgan fingerprint density at radius 2 is 2.12 bits per heavy atom. The van der Waals surface area contributed by atoms with Crippen molar-refractivity contribution >= 4 is 40.6 Å². The van der Waals surface area contributed by atoms with Gasteiger partial charge in [-0.2, -0.15) is 0 Å². The number of thiophene rings is 1. The van der Waals surface area contributed by atoms with E-state index in [9.17, 15) is 9.59 Å². The largest absolute Gasteiger partial charge is 0.351 e. The molecule has 0 fully saturated rings. The Morgan fingerprint density at radius 3 is 2.88 bits per heavy atom. The number of aromatic amines is 1. The number of amides is 1. The Morgan fingerprint density at radius 1 is 1.27 bits per heavy atom. The van der Waals surface area contributed by atoms with Crippen LogP contribution in [0.5, 0.6) is 0 Å². The van der Waals surface area contributed by atoms with E-state index in [2.05, 4.69) is 15.3 Å². The summed E-state index contributed by atoms with van der Waals surface area (Å²) in [5, 5.41) is 5.94. The molecule has 0 atom stereocenters. The lowest BCUT2D eigenvalue weighted by molar-refractivity contribution is -0.120. The van der Waals surface area contributed by atoms with Gasteiger partial charge in [-0.05, 0) is 23.1 Å². The summed E-state index contributed by atoms with van der Waals surface area (Å²) in [4.78, 5) is 32.1. The van der Waals surface area contributed by atoms with Gasteiger partial charge in [-0.3, -0.25) is 9.59 Å². The first-order chi connectivity index (χ1) is 12.6. The van der Waals surface area contributed by atoms with E-state index in [4.69, 9.17) is 11.6 Å². The molecule has 1 amide bonds. The molecule has 0 bridgehead atoms. The van der Waals surface area contributed by atoms with Crippen LogP contribution in [0, 0.1) is 0 Å². The lowest BCUT2D eigenvalue weighted by Crippen LogP contribution is -2.25. The van der Waals surface area contributed by atoms with Crippen LogP contribution in [0.25, 0.3) is 0 Å². The van der Waals surface area contributed by atoms with Gasteiger partial charge < -0.3 is 10.3 Å². The van der Waals surface area contributed by atoms with Gasteiger partial charge in [0.05, 0.1) is 18.7 Å². The molecule has 2 heterocycles. The zero-order valence-electron chi connectivity index (χ0n) is 13.7. The number of nitrogens with zero attached hydrogens (tertiary/aromatic N) is 1. The molecule has 5 nitrogen and oxygen atoms in total. The molecule has 134 valence electrons. The van der Waals surface area contributed by atoms with Crippen molar-refractivity contribution in [3.05, 3.63) is 79.4 Å². The highest BCUT2D eigenvalue weighted by molar-refractivity contribution is 7.98. The van der Waals surface area contributed by atoms with Gasteiger partial charge in [0.15, 0.2) is 5.16 Å². The highest BCUT2D eigenvalue weighted by Crippen LogP contribution is 2.23. The van der Waals surface area contributed by atoms with Gasteiger partial charge in [-0.1, -0.05) is 47.6 Å². The van der Waals surface area contributed by atoms with Crippen LogP contribution in [0.4, 0.5) is 0 Å². The minimum absolute atomic E-state index is 0.0644. The molecule has 0 aliphatic rings. The minimum Gasteiger partial charge on any atom is -0.351 e. The molecular weight excluding hydrogens is 390 g/mol. The molecule has 0 unspecified atom stereocenters. The van der Waals surface area contributed by atoms with E-state index in [0.29, 0.717) is 28.2 Å². The zero-order chi connectivity index (χ0) is 18.4. The molecule has 0 spiro atoms. The van der Waals surface area contributed by atoms with Crippen LogP contribution in [-0.2, 0) is 23.5 Å². The van der Waals surface area contributed by atoms with Crippen LogP contribution >= 0.6 is 34.7 Å². The van der Waals surface area contributed by atoms with E-state index < -0.39 is 0 Å². The molecule has 0 saturated heterocycles. The molecule has 0 radical (unpaired) electrons. The van der Waals surface area contributed by atoms with Crippen molar-refractivity contribution in [3.63, 3.8) is 0 Å². The number of benzene rings is 1. The maximum absolute atomic E-state index is 12.1. The number of carbonyl (C=O) groups excluding carboxylic acids is 1. The number of nitrogens with one attached hydrogen (secondary N) is 2. The number of H-pyrrole nitrogens is 1. The zero-order valence-corrected chi connectivity index (χ0v) is 16.1. The summed E-state index contributed by atoms with van der Waals surface area (Å²) in [6.07, 6.45) is 0.0644. The number of thioether (sulfide) groups is 1. The maximum atomic E-state index is 12.1. The van der Waals surface area contributed by atoms with Crippen molar-refractivity contribution in [2.75, 3.05) is 0 Å². The van der Waals surface area contributed by atoms with E-state index in [-0.39, 0.29) is 17.9 Å². The quantitative estimate of drug-likeness (QED) is 0.465. The third-order valence-corrected chi connectivity index (χ3v) is 5.64. The van der Waals surface area contributed by atoms with Gasteiger partial charge in [-0.25, -0.2) is 4.98 Å². The first kappa shape index (κ1) is 18.7. The highest BCUT2D eigenvalue weighted by Gasteiger charge is 2.09. The Balaban J connectivity index is 1.61. The first-order valence-corrected chi connectivity index (χ1v) is 10.1. The van der Waals surface area contributed by atoms with Gasteiger partial charge in [-0.15, -0.1) is 11.3 Å². The van der Waals surface area contributed by atoms with Crippen LogP contribution < -0.4 is 10.9 Å². The van der Waals surface area contributed by atoms with Crippen LogP contribution in [0.15, 0.2) is 57.8 Å². The maximum Gasteiger partial charge on any atom is 0.251 e. The van der Waals surface area contributed by atoms with Crippen molar-refractivity contribution in [2.24, 2.45) is 0 Å². The van der Waals surface area contributed by atoms with Crippen LogP contribution in [0.2, 0.25) is 5.02 Å². The van der Waals surface area contributed by atoms with E-state index in [1.165, 1.54) is 17.8 Å². The SMILES string of the molecule is O=C(Cc1cc(=O)[nH]c(SCc2ccccc2Cl)n1)NCc1cccs1. The minimum atomic E-state index is -0.275. The number of hydrogen-bond donors (Lipinski definition) is 2. The monoisotopic (exact) mass is 405 g/mol.